The molecule has 37 heavy (non-hydrogen) atoms. The lowest BCUT2D eigenvalue weighted by Crippen LogP contribution is -2.75. The first-order valence-corrected chi connectivity index (χ1v) is 11.9. The molecule has 0 aliphatic carbocycles. The van der Waals surface area contributed by atoms with Gasteiger partial charge in [0.2, 0.25) is 11.8 Å². The van der Waals surface area contributed by atoms with E-state index in [-0.39, 0.29) is 30.1 Å². The number of imide groups is 2. The summed E-state index contributed by atoms with van der Waals surface area (Å²) in [7, 11) is 0. The molecule has 3 aromatic carbocycles. The van der Waals surface area contributed by atoms with E-state index in [2.05, 4.69) is 15.6 Å². The minimum atomic E-state index is -1.75. The smallest absolute Gasteiger partial charge is 0.328 e. The molecule has 2 N–H and O–H groups in total. The zero-order valence-electron chi connectivity index (χ0n) is 19.7. The molecule has 4 amide bonds. The van der Waals surface area contributed by atoms with Gasteiger partial charge in [0.1, 0.15) is 11.3 Å². The van der Waals surface area contributed by atoms with Gasteiger partial charge in [-0.3, -0.25) is 20.2 Å². The van der Waals surface area contributed by atoms with Crippen LogP contribution in [0, 0.1) is 17.0 Å². The summed E-state index contributed by atoms with van der Waals surface area (Å²) in [6, 6.07) is 3.96. The van der Waals surface area contributed by atoms with Crippen LogP contribution >= 0.6 is 0 Å². The van der Waals surface area contributed by atoms with Gasteiger partial charge in [0.05, 0.1) is 23.9 Å². The third kappa shape index (κ3) is 2.74. The quantitative estimate of drug-likeness (QED) is 0.278. The molecule has 1 spiro atoms. The van der Waals surface area contributed by atoms with Crippen molar-refractivity contribution in [3.05, 3.63) is 47.9 Å². The number of hydrogen-bond donors (Lipinski definition) is 2. The van der Waals surface area contributed by atoms with Crippen LogP contribution in [0.5, 0.6) is 0 Å². The highest BCUT2D eigenvalue weighted by Crippen LogP contribution is 2.50. The van der Waals surface area contributed by atoms with Crippen LogP contribution in [0.4, 0.5) is 19.3 Å². The van der Waals surface area contributed by atoms with E-state index in [0.717, 1.165) is 0 Å². The van der Waals surface area contributed by atoms with Crippen molar-refractivity contribution in [2.45, 2.75) is 38.5 Å². The first kappa shape index (κ1) is 22.1. The molecular weight excluding hydrogens is 486 g/mol. The number of oxazole rings is 1. The Morgan fingerprint density at radius 3 is 2.57 bits per heavy atom. The van der Waals surface area contributed by atoms with Crippen LogP contribution in [0.25, 0.3) is 32.6 Å². The molecule has 3 aliphatic rings. The topological polar surface area (TPSA) is 114 Å². The molecule has 4 aromatic rings. The standard InChI is InChI=1S/C26H20F2N4O5/c1-10-8-32-20-12(7-26(22(32)11(2)37-10)23(33)30-25(35)31-24(26)34)5-16-17(18(20)28)15-6-13(27)3-4-14(15)19-21(16)36-9-29-19/h3-6,9-11,22H,7-8H2,1-2H3,(H2,30,31,33,34,35)/t10-,11+,22-/m1/s1. The molecule has 0 radical (unpaired) electrons. The number of urea groups is 1. The van der Waals surface area contributed by atoms with Crippen molar-refractivity contribution in [3.63, 3.8) is 0 Å². The minimum absolute atomic E-state index is 0.159. The van der Waals surface area contributed by atoms with E-state index in [1.807, 2.05) is 6.92 Å². The van der Waals surface area contributed by atoms with Crippen LogP contribution in [0.2, 0.25) is 0 Å². The SMILES string of the molecule is C[C@@H]1CN2c3c(cc4c5ocnc5c5ccc(F)cc5c4c3F)CC3(C(=O)NC(=O)NC3=O)[C@H]2[C@H](C)O1. The summed E-state index contributed by atoms with van der Waals surface area (Å²) in [6.07, 6.45) is 0.0651. The van der Waals surface area contributed by atoms with Gasteiger partial charge in [-0.1, -0.05) is 0 Å². The number of anilines is 1. The van der Waals surface area contributed by atoms with E-state index >= 15 is 4.39 Å². The summed E-state index contributed by atoms with van der Waals surface area (Å²) in [5, 5.41) is 5.81. The average Bonchev–Trinajstić information content (AvgIpc) is 3.32. The predicted octanol–water partition coefficient (Wildman–Crippen LogP) is 3.30. The van der Waals surface area contributed by atoms with E-state index in [0.29, 0.717) is 32.8 Å². The minimum Gasteiger partial charge on any atom is -0.443 e. The number of fused-ring (bicyclic) bond motifs is 10. The molecule has 1 aromatic heterocycles. The summed E-state index contributed by atoms with van der Waals surface area (Å²) in [4.78, 5) is 44.6. The molecule has 4 heterocycles. The van der Waals surface area contributed by atoms with Gasteiger partial charge in [0.25, 0.3) is 0 Å². The third-order valence-electron chi connectivity index (χ3n) is 7.84. The van der Waals surface area contributed by atoms with Crippen molar-refractivity contribution in [2.75, 3.05) is 11.4 Å². The van der Waals surface area contributed by atoms with Gasteiger partial charge in [0.15, 0.2) is 23.2 Å². The van der Waals surface area contributed by atoms with Crippen LogP contribution in [0.3, 0.4) is 0 Å². The number of aromatic nitrogens is 1. The summed E-state index contributed by atoms with van der Waals surface area (Å²) < 4.78 is 42.8. The summed E-state index contributed by atoms with van der Waals surface area (Å²) in [5.41, 5.74) is -0.395. The van der Waals surface area contributed by atoms with Crippen LogP contribution in [0.1, 0.15) is 19.4 Å². The molecule has 7 rings (SSSR count). The highest BCUT2D eigenvalue weighted by molar-refractivity contribution is 6.24. The van der Waals surface area contributed by atoms with Gasteiger partial charge >= 0.3 is 6.03 Å². The molecule has 2 fully saturated rings. The molecular formula is C26H20F2N4O5. The van der Waals surface area contributed by atoms with Gasteiger partial charge in [-0.05, 0) is 49.1 Å². The van der Waals surface area contributed by atoms with E-state index in [4.69, 9.17) is 9.15 Å². The van der Waals surface area contributed by atoms with E-state index in [1.54, 1.807) is 17.9 Å². The zero-order chi connectivity index (χ0) is 25.8. The van der Waals surface area contributed by atoms with Gasteiger partial charge < -0.3 is 14.1 Å². The maximum absolute atomic E-state index is 16.8. The summed E-state index contributed by atoms with van der Waals surface area (Å²) in [6.45, 7) is 3.73. The molecule has 11 heteroatoms. The van der Waals surface area contributed by atoms with Crippen LogP contribution in [-0.2, 0) is 20.7 Å². The zero-order valence-corrected chi connectivity index (χ0v) is 19.7. The second kappa shape index (κ2) is 7.22. The van der Waals surface area contributed by atoms with Crippen molar-refractivity contribution < 1.29 is 32.3 Å². The molecule has 9 nitrogen and oxygen atoms in total. The molecule has 0 saturated carbocycles. The summed E-state index contributed by atoms with van der Waals surface area (Å²) >= 11 is 0. The Bertz CT molecular complexity index is 1700. The largest absolute Gasteiger partial charge is 0.443 e. The van der Waals surface area contributed by atoms with E-state index in [9.17, 15) is 18.8 Å². The lowest BCUT2D eigenvalue weighted by Gasteiger charge is -2.55. The lowest BCUT2D eigenvalue weighted by atomic mass is 9.66. The molecule has 0 unspecified atom stereocenters. The number of halogens is 2. The molecule has 2 saturated heterocycles. The number of ether oxygens (including phenoxy) is 1. The van der Waals surface area contributed by atoms with E-state index in [1.165, 1.54) is 24.6 Å². The maximum atomic E-state index is 16.8. The monoisotopic (exact) mass is 506 g/mol. The fourth-order valence-electron chi connectivity index (χ4n) is 6.56. The van der Waals surface area contributed by atoms with Crippen molar-refractivity contribution in [1.29, 1.82) is 0 Å². The number of morpholine rings is 1. The highest BCUT2D eigenvalue weighted by Gasteiger charge is 2.63. The Morgan fingerprint density at radius 2 is 1.81 bits per heavy atom. The number of carbonyl (C=O) groups excluding carboxylic acids is 3. The Morgan fingerprint density at radius 1 is 1.05 bits per heavy atom. The fraction of sp³-hybridized carbons (Fsp3) is 0.308. The predicted molar refractivity (Wildman–Crippen MR) is 128 cm³/mol. The maximum Gasteiger partial charge on any atom is 0.328 e. The van der Waals surface area contributed by atoms with Gasteiger partial charge in [-0.2, -0.15) is 0 Å². The average molecular weight is 506 g/mol. The Labute approximate surface area is 207 Å². The first-order valence-electron chi connectivity index (χ1n) is 11.9. The molecule has 3 aliphatic heterocycles. The number of rotatable bonds is 0. The van der Waals surface area contributed by atoms with Crippen LogP contribution in [0.15, 0.2) is 35.1 Å². The fourth-order valence-corrected chi connectivity index (χ4v) is 6.56. The number of nitrogens with zero attached hydrogens (tertiary/aromatic N) is 2. The van der Waals surface area contributed by atoms with Crippen molar-refractivity contribution in [1.82, 2.24) is 15.6 Å². The van der Waals surface area contributed by atoms with Crippen molar-refractivity contribution in [3.8, 4) is 0 Å². The highest BCUT2D eigenvalue weighted by atomic mass is 19.1. The van der Waals surface area contributed by atoms with Gasteiger partial charge in [-0.15, -0.1) is 0 Å². The van der Waals surface area contributed by atoms with Crippen molar-refractivity contribution >= 4 is 56.2 Å². The number of hydrogen-bond acceptors (Lipinski definition) is 7. The first-order chi connectivity index (χ1) is 17.7. The molecule has 188 valence electrons. The third-order valence-corrected chi connectivity index (χ3v) is 7.84. The molecule has 0 bridgehead atoms. The van der Waals surface area contributed by atoms with Gasteiger partial charge in [-0.25, -0.2) is 18.6 Å². The Hall–Kier alpha value is -4.12. The number of barbiturate groups is 1. The van der Waals surface area contributed by atoms with Crippen LogP contribution in [-0.4, -0.2) is 47.6 Å². The normalized spacial score (nSPS) is 24.9. The number of nitrogens with one attached hydrogen (secondary N) is 2. The van der Waals surface area contributed by atoms with E-state index < -0.39 is 47.0 Å². The second-order valence-electron chi connectivity index (χ2n) is 9.98. The Balaban J connectivity index is 1.60. The van der Waals surface area contributed by atoms with Crippen molar-refractivity contribution in [2.24, 2.45) is 5.41 Å². The summed E-state index contributed by atoms with van der Waals surface area (Å²) in [5.74, 6) is -2.68. The number of carbonyl (C=O) groups is 3. The Kier molecular flexibility index (Phi) is 4.31. The van der Waals surface area contributed by atoms with Crippen LogP contribution < -0.4 is 15.5 Å². The number of benzene rings is 3. The second-order valence-corrected chi connectivity index (χ2v) is 9.98. The number of amides is 4. The van der Waals surface area contributed by atoms with Gasteiger partial charge in [0, 0.05) is 29.1 Å². The lowest BCUT2D eigenvalue weighted by molar-refractivity contribution is -0.153. The molecule has 3 atom stereocenters.